The molecule has 2 aromatic rings. The van der Waals surface area contributed by atoms with Crippen molar-refractivity contribution in [3.05, 3.63) is 96.0 Å². The maximum absolute atomic E-state index is 14.2. The van der Waals surface area contributed by atoms with Gasteiger partial charge in [0.05, 0.1) is 36.2 Å². The van der Waals surface area contributed by atoms with Crippen LogP contribution in [0.25, 0.3) is 0 Å². The van der Waals surface area contributed by atoms with Crippen LogP contribution in [0, 0.1) is 18.8 Å². The average Bonchev–Trinajstić information content (AvgIpc) is 1.60. The molecular weight excluding hydrogens is 1300 g/mol. The van der Waals surface area contributed by atoms with Crippen LogP contribution >= 0.6 is 15.9 Å². The Morgan fingerprint density at radius 3 is 1.92 bits per heavy atom. The second-order valence-corrected chi connectivity index (χ2v) is 28.9. The predicted molar refractivity (Wildman–Crippen MR) is 339 cm³/mol. The Morgan fingerprint density at radius 2 is 1.33 bits per heavy atom. The smallest absolute Gasteiger partial charge is 0.408 e. The Hall–Kier alpha value is -6.68. The lowest BCUT2D eigenvalue weighted by molar-refractivity contribution is -0.148. The van der Waals surface area contributed by atoms with Gasteiger partial charge >= 0.3 is 24.1 Å². The number of amides is 6. The van der Waals surface area contributed by atoms with Crippen molar-refractivity contribution >= 4 is 83.9 Å². The zero-order chi connectivity index (χ0) is 66.4. The fourth-order valence-corrected chi connectivity index (χ4v) is 15.3. The number of methoxy groups -OCH3 is 2. The Labute approximate surface area is 547 Å². The van der Waals surface area contributed by atoms with Gasteiger partial charge in [-0.2, -0.15) is 16.8 Å². The first kappa shape index (κ1) is 71.2. The number of nitrogens with zero attached hydrogens (tertiary/aromatic N) is 2. The van der Waals surface area contributed by atoms with Gasteiger partial charge in [-0.1, -0.05) is 83.6 Å². The highest BCUT2D eigenvalue weighted by Gasteiger charge is 2.63. The first-order chi connectivity index (χ1) is 44.0. The van der Waals surface area contributed by atoms with Crippen molar-refractivity contribution in [3.8, 4) is 0 Å². The Bertz CT molecular complexity index is 3270. The van der Waals surface area contributed by atoms with Gasteiger partial charge in [-0.15, -0.1) is 13.2 Å². The van der Waals surface area contributed by atoms with Crippen LogP contribution in [-0.4, -0.2) is 161 Å². The molecule has 4 saturated carbocycles. The number of nitrogens with one attached hydrogen (secondary N) is 4. The van der Waals surface area contributed by atoms with Crippen LogP contribution in [0.3, 0.4) is 0 Å². The second kappa shape index (κ2) is 32.0. The van der Waals surface area contributed by atoms with E-state index in [1.54, 1.807) is 30.3 Å². The molecule has 6 amide bonds. The Morgan fingerprint density at radius 1 is 0.728 bits per heavy atom. The standard InChI is InChI=1S/C34H47N3O9S.C31H40BrN3O9S/c1-5-7-8-9-10-15-28(35-33(41)45-25-13-11-12-14-25)31(39)37-22-26(46-47(42,43)27-18-16-23(3)17-19-27)20-29(37)30(38)36-34(32(40)44-4)21-24(34)6-2;1-42-29(38)31-18-20(31)9-5-3-2-4-6-12-25(33-30(39)43-22-10-7-8-11-22)28(37)35-19-23(17-26(35)27(36)34-31)44-45(40,41)24-15-13-21(32)14-16-24/h5-6,16-19,24-26,28-29H,1-2,7-15,20-22H2,3-4H3,(H,35,41)(H,36,38);5,9,13-16,20,22-23,25-26H,2-4,6-8,10-12,17-19H2,1H3,(H,33,39)(H,34,36)/b;9-5-/t24-,26+,28+,29+,34-;20-,23+,25+,26+,31-/m11/s1. The minimum Gasteiger partial charge on any atom is -0.467 e. The third-order valence-corrected chi connectivity index (χ3v) is 21.5. The monoisotopic (exact) mass is 1380 g/mol. The summed E-state index contributed by atoms with van der Waals surface area (Å²) in [6.07, 6.45) is 17.2. The number of fused-ring (bicyclic) bond motifs is 2. The fourth-order valence-electron chi connectivity index (χ4n) is 12.9. The summed E-state index contributed by atoms with van der Waals surface area (Å²) in [6, 6.07) is 7.68. The van der Waals surface area contributed by atoms with E-state index in [0.29, 0.717) is 30.2 Å². The van der Waals surface area contributed by atoms with E-state index in [-0.39, 0.29) is 72.6 Å². The van der Waals surface area contributed by atoms with Gasteiger partial charge in [0.25, 0.3) is 20.2 Å². The molecule has 24 nitrogen and oxygen atoms in total. The molecule has 0 bridgehead atoms. The van der Waals surface area contributed by atoms with Crippen molar-refractivity contribution in [3.63, 3.8) is 0 Å². The summed E-state index contributed by atoms with van der Waals surface area (Å²) in [5, 5.41) is 11.0. The number of carbonyl (C=O) groups is 8. The first-order valence-corrected chi connectivity index (χ1v) is 35.5. The van der Waals surface area contributed by atoms with E-state index in [2.05, 4.69) is 50.4 Å². The van der Waals surface area contributed by atoms with E-state index < -0.39 is 115 Å². The quantitative estimate of drug-likeness (QED) is 0.0287. The van der Waals surface area contributed by atoms with Gasteiger partial charge in [0, 0.05) is 42.2 Å². The summed E-state index contributed by atoms with van der Waals surface area (Å²) in [4.78, 5) is 110. The molecule has 0 spiro atoms. The van der Waals surface area contributed by atoms with E-state index in [9.17, 15) is 55.2 Å². The van der Waals surface area contributed by atoms with E-state index in [0.717, 1.165) is 95.5 Å². The number of hydrogen-bond donors (Lipinski definition) is 4. The number of rotatable bonds is 22. The molecule has 504 valence electrons. The Kier molecular flexibility index (Phi) is 24.7. The molecule has 9 rings (SSSR count). The number of ether oxygens (including phenoxy) is 4. The van der Waals surface area contributed by atoms with Gasteiger partial charge in [0.2, 0.25) is 23.6 Å². The molecule has 4 aliphatic carbocycles. The van der Waals surface area contributed by atoms with Crippen molar-refractivity contribution in [2.45, 2.75) is 218 Å². The van der Waals surface area contributed by atoms with Crippen LogP contribution in [0.2, 0.25) is 0 Å². The normalized spacial score (nSPS) is 27.4. The van der Waals surface area contributed by atoms with Crippen LogP contribution in [-0.2, 0) is 76.3 Å². The van der Waals surface area contributed by atoms with Crippen LogP contribution in [0.15, 0.2) is 100 Å². The van der Waals surface area contributed by atoms with Crippen LogP contribution in [0.5, 0.6) is 0 Å². The van der Waals surface area contributed by atoms with Crippen molar-refractivity contribution in [2.75, 3.05) is 27.3 Å². The van der Waals surface area contributed by atoms with Crippen LogP contribution in [0.1, 0.15) is 147 Å². The van der Waals surface area contributed by atoms with E-state index in [1.807, 2.05) is 25.2 Å². The number of benzene rings is 2. The molecule has 0 unspecified atom stereocenters. The first-order valence-electron chi connectivity index (χ1n) is 31.9. The number of unbranched alkanes of at least 4 members (excludes halogenated alkanes) is 3. The molecule has 7 aliphatic rings. The number of aryl methyl sites for hydroxylation is 1. The molecule has 3 aliphatic heterocycles. The maximum atomic E-state index is 14.2. The Balaban J connectivity index is 0.000000237. The lowest BCUT2D eigenvalue weighted by atomic mass is 10.0. The summed E-state index contributed by atoms with van der Waals surface area (Å²) in [7, 11) is -6.01. The highest BCUT2D eigenvalue weighted by Crippen LogP contribution is 2.47. The van der Waals surface area contributed by atoms with Crippen molar-refractivity contribution in [1.29, 1.82) is 0 Å². The highest BCUT2D eigenvalue weighted by molar-refractivity contribution is 9.10. The third kappa shape index (κ3) is 18.2. The topological polar surface area (TPSA) is 315 Å². The number of halogens is 1. The van der Waals surface area contributed by atoms with Crippen LogP contribution in [0.4, 0.5) is 9.59 Å². The average molecular weight is 1380 g/mol. The number of hydrogen-bond acceptors (Lipinski definition) is 18. The molecule has 3 heterocycles. The number of esters is 2. The van der Waals surface area contributed by atoms with Gasteiger partial charge in [-0.25, -0.2) is 19.2 Å². The molecular formula is C65H87BrN6O18S2. The zero-order valence-corrected chi connectivity index (χ0v) is 55.7. The van der Waals surface area contributed by atoms with E-state index in [4.69, 9.17) is 27.3 Å². The number of allylic oxidation sites excluding steroid dienone is 2. The van der Waals surface area contributed by atoms with E-state index >= 15 is 0 Å². The number of alkyl carbamates (subject to hydrolysis) is 2. The minimum atomic E-state index is -4.24. The molecule has 2 saturated heterocycles. The molecule has 27 heteroatoms. The molecule has 10 atom stereocenters. The second-order valence-electron chi connectivity index (χ2n) is 24.9. The molecule has 4 N–H and O–H groups in total. The molecule has 0 aromatic heterocycles. The van der Waals surface area contributed by atoms with E-state index in [1.165, 1.54) is 48.3 Å². The van der Waals surface area contributed by atoms with Crippen molar-refractivity contribution < 1.29 is 82.5 Å². The van der Waals surface area contributed by atoms with Crippen molar-refractivity contribution in [2.24, 2.45) is 11.8 Å². The van der Waals surface area contributed by atoms with Gasteiger partial charge in [0.15, 0.2) is 0 Å². The SMILES string of the molecule is C=CCCCCC[C@H](NC(=O)OC1CCCC1)C(=O)N1C[C@@H](OS(=O)(=O)c2ccc(C)cc2)C[C@H]1C(=O)N[C@]1(C(=O)OC)C[C@H]1C=C.COC(=O)[C@@]12C[C@H]1/C=C\CCCCC[C@H](NC(=O)OC1CCCC1)C(=O)N1C[C@@H](OS(=O)(=O)c3ccc(Br)cc3)C[C@H]1C(=O)N2. The number of likely N-dealkylation sites (tertiary alicyclic amines) is 1. The predicted octanol–water partition coefficient (Wildman–Crippen LogP) is 7.81. The lowest BCUT2D eigenvalue weighted by Gasteiger charge is -2.29. The fraction of sp³-hybridized carbons (Fsp3) is 0.600. The lowest BCUT2D eigenvalue weighted by Crippen LogP contribution is -2.56. The summed E-state index contributed by atoms with van der Waals surface area (Å²) in [6.45, 7) is 8.86. The zero-order valence-electron chi connectivity index (χ0n) is 52.5. The summed E-state index contributed by atoms with van der Waals surface area (Å²) < 4.78 is 85.6. The highest BCUT2D eigenvalue weighted by atomic mass is 79.9. The van der Waals surface area contributed by atoms with Crippen molar-refractivity contribution in [1.82, 2.24) is 31.1 Å². The van der Waals surface area contributed by atoms with Gasteiger partial charge in [-0.3, -0.25) is 27.5 Å². The van der Waals surface area contributed by atoms with Gasteiger partial charge in [0.1, 0.15) is 47.5 Å². The molecule has 6 fully saturated rings. The summed E-state index contributed by atoms with van der Waals surface area (Å²) in [5.41, 5.74) is -1.74. The third-order valence-electron chi connectivity index (χ3n) is 18.2. The van der Waals surface area contributed by atoms with Crippen LogP contribution < -0.4 is 21.3 Å². The molecule has 2 aromatic carbocycles. The summed E-state index contributed by atoms with van der Waals surface area (Å²) in [5.74, 6) is -4.27. The summed E-state index contributed by atoms with van der Waals surface area (Å²) >= 11 is 3.28. The minimum absolute atomic E-state index is 0.0564. The van der Waals surface area contributed by atoms with Gasteiger partial charge in [-0.05, 0) is 146 Å². The maximum Gasteiger partial charge on any atom is 0.408 e. The molecule has 0 radical (unpaired) electrons. The largest absolute Gasteiger partial charge is 0.467 e. The number of carbonyl (C=O) groups excluding carboxylic acids is 8. The molecule has 92 heavy (non-hydrogen) atoms. The van der Waals surface area contributed by atoms with Gasteiger partial charge < -0.3 is 50.0 Å².